The summed E-state index contributed by atoms with van der Waals surface area (Å²) in [6.45, 7) is 1.96. The Morgan fingerprint density at radius 1 is 1.00 bits per heavy atom. The van der Waals surface area contributed by atoms with Gasteiger partial charge in [0.15, 0.2) is 0 Å². The molecular weight excluding hydrogens is 401 g/mol. The maximum atomic E-state index is 13.3. The first-order valence-corrected chi connectivity index (χ1v) is 10.5. The molecule has 30 heavy (non-hydrogen) atoms. The summed E-state index contributed by atoms with van der Waals surface area (Å²) in [5.74, 6) is -0.0411. The van der Waals surface area contributed by atoms with E-state index in [9.17, 15) is 14.0 Å². The van der Waals surface area contributed by atoms with E-state index < -0.39 is 0 Å². The highest BCUT2D eigenvalue weighted by atomic mass is 32.2. The van der Waals surface area contributed by atoms with Gasteiger partial charge in [0.25, 0.3) is 0 Å². The van der Waals surface area contributed by atoms with Crippen molar-refractivity contribution in [3.63, 3.8) is 0 Å². The number of thioether (sulfide) groups is 1. The number of hydrogen-bond acceptors (Lipinski definition) is 3. The third-order valence-electron chi connectivity index (χ3n) is 4.68. The van der Waals surface area contributed by atoms with Gasteiger partial charge < -0.3 is 10.6 Å². The largest absolute Gasteiger partial charge is 0.323 e. The average Bonchev–Trinajstić information content (AvgIpc) is 3.10. The lowest BCUT2D eigenvalue weighted by Gasteiger charge is -2.24. The Kier molecular flexibility index (Phi) is 5.72. The second kappa shape index (κ2) is 8.59. The number of amides is 3. The van der Waals surface area contributed by atoms with Crippen LogP contribution in [0.2, 0.25) is 0 Å². The topological polar surface area (TPSA) is 61.4 Å². The van der Waals surface area contributed by atoms with Crippen LogP contribution in [0.3, 0.4) is 0 Å². The summed E-state index contributed by atoms with van der Waals surface area (Å²) in [7, 11) is 0. The second-order valence-electron chi connectivity index (χ2n) is 6.98. The van der Waals surface area contributed by atoms with Crippen LogP contribution >= 0.6 is 11.8 Å². The van der Waals surface area contributed by atoms with Crippen LogP contribution in [-0.4, -0.2) is 17.7 Å². The summed E-state index contributed by atoms with van der Waals surface area (Å²) in [6.07, 6.45) is 0. The zero-order chi connectivity index (χ0) is 21.1. The van der Waals surface area contributed by atoms with E-state index >= 15 is 0 Å². The van der Waals surface area contributed by atoms with Crippen LogP contribution in [-0.2, 0) is 4.79 Å². The number of benzene rings is 3. The van der Waals surface area contributed by atoms with E-state index in [4.69, 9.17) is 0 Å². The van der Waals surface area contributed by atoms with Crippen molar-refractivity contribution in [3.8, 4) is 0 Å². The van der Waals surface area contributed by atoms with Gasteiger partial charge in [0.1, 0.15) is 11.2 Å². The molecule has 1 heterocycles. The molecule has 0 aromatic heterocycles. The number of nitrogens with zero attached hydrogens (tertiary/aromatic N) is 1. The van der Waals surface area contributed by atoms with Crippen molar-refractivity contribution in [2.24, 2.45) is 0 Å². The number of anilines is 3. The molecule has 5 nitrogen and oxygen atoms in total. The zero-order valence-corrected chi connectivity index (χ0v) is 17.1. The fraction of sp³-hybridized carbons (Fsp3) is 0.130. The number of carbonyl (C=O) groups excluding carboxylic acids is 2. The maximum absolute atomic E-state index is 13.3. The summed E-state index contributed by atoms with van der Waals surface area (Å²) >= 11 is 1.50. The molecule has 4 rings (SSSR count). The molecule has 0 aliphatic carbocycles. The number of urea groups is 1. The first-order chi connectivity index (χ1) is 14.5. The van der Waals surface area contributed by atoms with Gasteiger partial charge in [0.05, 0.1) is 5.75 Å². The number of aryl methyl sites for hydroxylation is 1. The molecule has 3 amide bonds. The quantitative estimate of drug-likeness (QED) is 0.580. The lowest BCUT2D eigenvalue weighted by Crippen LogP contribution is -2.27. The van der Waals surface area contributed by atoms with Crippen LogP contribution in [0.25, 0.3) is 0 Å². The Hall–Kier alpha value is -3.32. The molecule has 0 unspecified atom stereocenters. The first kappa shape index (κ1) is 20.0. The molecular formula is C23H20FN3O2S. The fourth-order valence-electron chi connectivity index (χ4n) is 3.34. The molecule has 7 heteroatoms. The third-order valence-corrected chi connectivity index (χ3v) is 5.89. The lowest BCUT2D eigenvalue weighted by molar-refractivity contribution is -0.115. The van der Waals surface area contributed by atoms with Crippen molar-refractivity contribution in [2.45, 2.75) is 12.3 Å². The normalized spacial score (nSPS) is 15.9. The van der Waals surface area contributed by atoms with Crippen LogP contribution < -0.4 is 15.5 Å². The molecule has 0 spiro atoms. The molecule has 1 aliphatic heterocycles. The van der Waals surface area contributed by atoms with Gasteiger partial charge in [-0.2, -0.15) is 0 Å². The van der Waals surface area contributed by atoms with Gasteiger partial charge in [0.2, 0.25) is 5.91 Å². The van der Waals surface area contributed by atoms with Crippen molar-refractivity contribution < 1.29 is 14.0 Å². The summed E-state index contributed by atoms with van der Waals surface area (Å²) in [6, 6.07) is 20.5. The average molecular weight is 421 g/mol. The molecule has 3 aromatic rings. The van der Waals surface area contributed by atoms with E-state index in [1.165, 1.54) is 23.9 Å². The summed E-state index contributed by atoms with van der Waals surface area (Å²) in [4.78, 5) is 26.5. The molecule has 2 N–H and O–H groups in total. The minimum Gasteiger partial charge on any atom is -0.308 e. The van der Waals surface area contributed by atoms with E-state index in [0.29, 0.717) is 22.8 Å². The molecule has 1 saturated heterocycles. The number of carbonyl (C=O) groups is 2. The Morgan fingerprint density at radius 3 is 2.37 bits per heavy atom. The van der Waals surface area contributed by atoms with E-state index in [1.807, 2.05) is 49.4 Å². The SMILES string of the molecule is Cc1cccc(NC(=O)Nc2cccc([C@H]3SCC(=O)N3c3ccc(F)cc3)c2)c1. The smallest absolute Gasteiger partial charge is 0.308 e. The Balaban J connectivity index is 1.51. The minimum absolute atomic E-state index is 0.0350. The molecule has 0 saturated carbocycles. The maximum Gasteiger partial charge on any atom is 0.323 e. The third kappa shape index (κ3) is 4.46. The van der Waals surface area contributed by atoms with Crippen molar-refractivity contribution in [1.82, 2.24) is 0 Å². The minimum atomic E-state index is -0.347. The number of halogens is 1. The molecule has 3 aromatic carbocycles. The molecule has 1 aliphatic rings. The van der Waals surface area contributed by atoms with E-state index in [0.717, 1.165) is 11.1 Å². The molecule has 1 fully saturated rings. The van der Waals surface area contributed by atoms with E-state index in [2.05, 4.69) is 10.6 Å². The molecule has 0 radical (unpaired) electrons. The Morgan fingerprint density at radius 2 is 1.67 bits per heavy atom. The molecule has 152 valence electrons. The van der Waals surface area contributed by atoms with Crippen molar-refractivity contribution in [1.29, 1.82) is 0 Å². The van der Waals surface area contributed by atoms with Crippen LogP contribution in [0.5, 0.6) is 0 Å². The van der Waals surface area contributed by atoms with Gasteiger partial charge >= 0.3 is 6.03 Å². The number of nitrogens with one attached hydrogen (secondary N) is 2. The van der Waals surface area contributed by atoms with Crippen LogP contribution in [0.15, 0.2) is 72.8 Å². The van der Waals surface area contributed by atoms with Crippen molar-refractivity contribution in [3.05, 3.63) is 89.7 Å². The molecule has 1 atom stereocenters. The highest BCUT2D eigenvalue weighted by Crippen LogP contribution is 2.42. The summed E-state index contributed by atoms with van der Waals surface area (Å²) in [5.41, 5.74) is 3.91. The number of rotatable bonds is 4. The van der Waals surface area contributed by atoms with Crippen molar-refractivity contribution >= 4 is 40.8 Å². The number of hydrogen-bond donors (Lipinski definition) is 2. The van der Waals surface area contributed by atoms with Crippen molar-refractivity contribution in [2.75, 3.05) is 21.3 Å². The Labute approximate surface area is 178 Å². The predicted molar refractivity (Wildman–Crippen MR) is 119 cm³/mol. The van der Waals surface area contributed by atoms with Gasteiger partial charge in [-0.15, -0.1) is 11.8 Å². The van der Waals surface area contributed by atoms with Crippen LogP contribution in [0, 0.1) is 12.7 Å². The van der Waals surface area contributed by atoms with Gasteiger partial charge in [0, 0.05) is 17.1 Å². The van der Waals surface area contributed by atoms with Gasteiger partial charge in [-0.05, 0) is 66.6 Å². The lowest BCUT2D eigenvalue weighted by atomic mass is 10.1. The zero-order valence-electron chi connectivity index (χ0n) is 16.3. The first-order valence-electron chi connectivity index (χ1n) is 9.43. The summed E-state index contributed by atoms with van der Waals surface area (Å²) < 4.78 is 13.3. The highest BCUT2D eigenvalue weighted by molar-refractivity contribution is 8.00. The van der Waals surface area contributed by atoms with E-state index in [-0.39, 0.29) is 23.1 Å². The Bertz CT molecular complexity index is 1090. The predicted octanol–water partition coefficient (Wildman–Crippen LogP) is 5.56. The fourth-order valence-corrected chi connectivity index (χ4v) is 4.50. The second-order valence-corrected chi connectivity index (χ2v) is 8.05. The summed E-state index contributed by atoms with van der Waals surface area (Å²) in [5, 5.41) is 5.40. The standard InChI is InChI=1S/C23H20FN3O2S/c1-15-4-2-6-18(12-15)25-23(29)26-19-7-3-5-16(13-19)22-27(21(28)14-30-22)20-10-8-17(24)9-11-20/h2-13,22H,14H2,1H3,(H2,25,26,29)/t22-/m1/s1. The van der Waals surface area contributed by atoms with Gasteiger partial charge in [-0.25, -0.2) is 9.18 Å². The van der Waals surface area contributed by atoms with Crippen LogP contribution in [0.4, 0.5) is 26.2 Å². The van der Waals surface area contributed by atoms with Crippen LogP contribution in [0.1, 0.15) is 16.5 Å². The van der Waals surface area contributed by atoms with E-state index in [1.54, 1.807) is 23.1 Å². The van der Waals surface area contributed by atoms with Gasteiger partial charge in [-0.1, -0.05) is 24.3 Å². The molecule has 0 bridgehead atoms. The highest BCUT2D eigenvalue weighted by Gasteiger charge is 2.34. The monoisotopic (exact) mass is 421 g/mol. The van der Waals surface area contributed by atoms with Gasteiger partial charge in [-0.3, -0.25) is 9.69 Å².